The van der Waals surface area contributed by atoms with Gasteiger partial charge in [-0.15, -0.1) is 0 Å². The summed E-state index contributed by atoms with van der Waals surface area (Å²) < 4.78 is 31.9. The smallest absolute Gasteiger partial charge is 0.412 e. The molecule has 8 heteroatoms. The minimum absolute atomic E-state index is 0.501. The van der Waals surface area contributed by atoms with E-state index in [9.17, 15) is 13.2 Å². The van der Waals surface area contributed by atoms with Crippen molar-refractivity contribution in [3.63, 3.8) is 0 Å². The second-order valence-electron chi connectivity index (χ2n) is 4.84. The fraction of sp³-hybridized carbons (Fsp3) is 0.889. The van der Waals surface area contributed by atoms with Crippen molar-refractivity contribution in [2.24, 2.45) is 0 Å². The lowest BCUT2D eigenvalue weighted by Crippen LogP contribution is -2.50. The maximum atomic E-state index is 11.6. The van der Waals surface area contributed by atoms with Gasteiger partial charge in [-0.1, -0.05) is 0 Å². The third-order valence-corrected chi connectivity index (χ3v) is 2.74. The number of ether oxygens (including phenoxy) is 1. The van der Waals surface area contributed by atoms with Crippen LogP contribution in [0.1, 0.15) is 20.8 Å². The monoisotopic (exact) mass is 267 g/mol. The maximum absolute atomic E-state index is 11.6. The van der Waals surface area contributed by atoms with E-state index in [0.717, 1.165) is 11.2 Å². The highest BCUT2D eigenvalue weighted by Crippen LogP contribution is 2.29. The largest absolute Gasteiger partial charge is 0.439 e. The Balaban J connectivity index is 3.04. The molecule has 7 nitrogen and oxygen atoms in total. The van der Waals surface area contributed by atoms with Crippen LogP contribution in [-0.2, 0) is 19.0 Å². The number of carbonyl (C=O) groups excluding carboxylic acids is 1. The molecule has 1 amide bonds. The van der Waals surface area contributed by atoms with Crippen molar-refractivity contribution in [1.29, 1.82) is 0 Å². The summed E-state index contributed by atoms with van der Waals surface area (Å²) in [5, 5.41) is 9.06. The molecule has 0 saturated carbocycles. The van der Waals surface area contributed by atoms with Gasteiger partial charge in [0.2, 0.25) is 0 Å². The van der Waals surface area contributed by atoms with Gasteiger partial charge in [0.05, 0.1) is 12.9 Å². The lowest BCUT2D eigenvalue weighted by molar-refractivity contribution is -0.0126. The fourth-order valence-electron chi connectivity index (χ4n) is 1.58. The summed E-state index contributed by atoms with van der Waals surface area (Å²) in [6.45, 7) is 4.64. The predicted molar refractivity (Wildman–Crippen MR) is 58.7 cm³/mol. The lowest BCUT2D eigenvalue weighted by atomic mass is 10.1. The van der Waals surface area contributed by atoms with Crippen molar-refractivity contribution in [3.05, 3.63) is 0 Å². The predicted octanol–water partition coefficient (Wildman–Crippen LogP) is -0.0997. The first-order chi connectivity index (χ1) is 7.56. The fourth-order valence-corrected chi connectivity index (χ4v) is 2.15. The first-order valence-corrected chi connectivity index (χ1v) is 6.87. The van der Waals surface area contributed by atoms with Crippen molar-refractivity contribution in [2.75, 3.05) is 12.9 Å². The van der Waals surface area contributed by atoms with Crippen molar-refractivity contribution >= 4 is 16.2 Å². The molecule has 17 heavy (non-hydrogen) atoms. The van der Waals surface area contributed by atoms with Gasteiger partial charge in [0.1, 0.15) is 0 Å². The topological polar surface area (TPSA) is 93.1 Å². The number of aliphatic hydroxyl groups is 1. The summed E-state index contributed by atoms with van der Waals surface area (Å²) in [5.74, 6) is 0. The molecule has 1 rings (SSSR count). The molecule has 0 aromatic heterocycles. The van der Waals surface area contributed by atoms with Crippen LogP contribution in [0.15, 0.2) is 0 Å². The first-order valence-electron chi connectivity index (χ1n) is 5.05. The minimum atomic E-state index is -3.75. The van der Waals surface area contributed by atoms with E-state index >= 15 is 0 Å². The molecule has 0 aromatic carbocycles. The second kappa shape index (κ2) is 4.43. The van der Waals surface area contributed by atoms with Crippen LogP contribution in [0.25, 0.3) is 0 Å². The van der Waals surface area contributed by atoms with Crippen LogP contribution >= 0.6 is 0 Å². The molecule has 0 radical (unpaired) electrons. The van der Waals surface area contributed by atoms with Gasteiger partial charge in [-0.05, 0) is 20.8 Å². The normalized spacial score (nSPS) is 26.2. The van der Waals surface area contributed by atoms with Crippen LogP contribution in [-0.4, -0.2) is 55.3 Å². The summed E-state index contributed by atoms with van der Waals surface area (Å²) in [5.41, 5.74) is -0.670. The molecular weight excluding hydrogens is 250 g/mol. The second-order valence-corrected chi connectivity index (χ2v) is 6.44. The van der Waals surface area contributed by atoms with E-state index in [4.69, 9.17) is 14.0 Å². The molecule has 1 heterocycles. The zero-order valence-corrected chi connectivity index (χ0v) is 11.0. The number of amides is 1. The Kier molecular flexibility index (Phi) is 3.70. The number of carbonyl (C=O) groups is 1. The molecule has 0 spiro atoms. The Labute approximate surface area is 100 Å². The van der Waals surface area contributed by atoms with Gasteiger partial charge in [0.15, 0.2) is 12.3 Å². The molecular formula is C9H17NO6S. The standard InChI is InChI=1S/C9H17NO6S/c1-9(2,3)10-7(16-17(4,13)14)6(5-11)15-8(10)12/h6-7,11H,5H2,1-4H3/t6-,7?/m0/s1. The van der Waals surface area contributed by atoms with Crippen LogP contribution < -0.4 is 0 Å². The quantitative estimate of drug-likeness (QED) is 0.718. The summed E-state index contributed by atoms with van der Waals surface area (Å²) in [6, 6.07) is 0. The summed E-state index contributed by atoms with van der Waals surface area (Å²) in [6.07, 6.45) is -1.96. The van der Waals surface area contributed by atoms with Crippen LogP contribution in [0.5, 0.6) is 0 Å². The molecule has 1 saturated heterocycles. The van der Waals surface area contributed by atoms with E-state index in [1.807, 2.05) is 0 Å². The van der Waals surface area contributed by atoms with Crippen molar-refractivity contribution in [1.82, 2.24) is 4.90 Å². The van der Waals surface area contributed by atoms with Gasteiger partial charge in [0, 0.05) is 5.54 Å². The van der Waals surface area contributed by atoms with Crippen molar-refractivity contribution in [2.45, 2.75) is 38.6 Å². The first kappa shape index (κ1) is 14.2. The average Bonchev–Trinajstić information content (AvgIpc) is 2.37. The molecule has 1 unspecified atom stereocenters. The van der Waals surface area contributed by atoms with E-state index in [2.05, 4.69) is 0 Å². The van der Waals surface area contributed by atoms with Gasteiger partial charge in [-0.25, -0.2) is 8.98 Å². The van der Waals surface area contributed by atoms with E-state index in [-0.39, 0.29) is 0 Å². The van der Waals surface area contributed by atoms with Gasteiger partial charge in [-0.2, -0.15) is 8.42 Å². The SMILES string of the molecule is CC(C)(C)N1C(=O)O[C@@H](CO)C1OS(C)(=O)=O. The number of aliphatic hydroxyl groups excluding tert-OH is 1. The van der Waals surface area contributed by atoms with Crippen LogP contribution in [0, 0.1) is 0 Å². The third kappa shape index (κ3) is 3.30. The molecule has 1 N–H and O–H groups in total. The van der Waals surface area contributed by atoms with Gasteiger partial charge >= 0.3 is 6.09 Å². The van der Waals surface area contributed by atoms with Crippen LogP contribution in [0.2, 0.25) is 0 Å². The van der Waals surface area contributed by atoms with Crippen LogP contribution in [0.4, 0.5) is 4.79 Å². The van der Waals surface area contributed by atoms with Gasteiger partial charge < -0.3 is 9.84 Å². The summed E-state index contributed by atoms with van der Waals surface area (Å²) in [4.78, 5) is 12.8. The maximum Gasteiger partial charge on any atom is 0.412 e. The molecule has 0 aromatic rings. The van der Waals surface area contributed by atoms with E-state index < -0.39 is 40.7 Å². The highest BCUT2D eigenvalue weighted by molar-refractivity contribution is 7.86. The molecule has 0 aliphatic carbocycles. The number of rotatable bonds is 3. The Hall–Kier alpha value is -0.860. The Morgan fingerprint density at radius 1 is 1.47 bits per heavy atom. The molecule has 1 aliphatic rings. The number of cyclic esters (lactones) is 1. The Morgan fingerprint density at radius 2 is 2.00 bits per heavy atom. The Bertz CT molecular complexity index is 398. The summed E-state index contributed by atoms with van der Waals surface area (Å²) in [7, 11) is -3.75. The number of nitrogens with zero attached hydrogens (tertiary/aromatic N) is 1. The van der Waals surface area contributed by atoms with Gasteiger partial charge in [0.25, 0.3) is 10.1 Å². The van der Waals surface area contributed by atoms with Crippen LogP contribution in [0.3, 0.4) is 0 Å². The Morgan fingerprint density at radius 3 is 2.35 bits per heavy atom. The number of hydrogen-bond acceptors (Lipinski definition) is 6. The number of hydrogen-bond donors (Lipinski definition) is 1. The summed E-state index contributed by atoms with van der Waals surface area (Å²) >= 11 is 0. The highest BCUT2D eigenvalue weighted by atomic mass is 32.2. The van der Waals surface area contributed by atoms with E-state index in [1.54, 1.807) is 20.8 Å². The minimum Gasteiger partial charge on any atom is -0.439 e. The van der Waals surface area contributed by atoms with Crippen molar-refractivity contribution < 1.29 is 27.2 Å². The van der Waals surface area contributed by atoms with Crippen molar-refractivity contribution in [3.8, 4) is 0 Å². The molecule has 0 bridgehead atoms. The molecule has 100 valence electrons. The highest BCUT2D eigenvalue weighted by Gasteiger charge is 2.48. The average molecular weight is 267 g/mol. The zero-order chi connectivity index (χ0) is 13.4. The zero-order valence-electron chi connectivity index (χ0n) is 10.2. The molecule has 2 atom stereocenters. The molecule has 1 fully saturated rings. The van der Waals surface area contributed by atoms with E-state index in [1.165, 1.54) is 0 Å². The van der Waals surface area contributed by atoms with E-state index in [0.29, 0.717) is 0 Å². The molecule has 1 aliphatic heterocycles. The third-order valence-electron chi connectivity index (χ3n) is 2.20. The lowest BCUT2D eigenvalue weighted by Gasteiger charge is -2.34. The van der Waals surface area contributed by atoms with Gasteiger partial charge in [-0.3, -0.25) is 4.90 Å².